The maximum Gasteiger partial charge on any atom is 0.516 e. The van der Waals surface area contributed by atoms with Gasteiger partial charge >= 0.3 is 7.12 Å². The summed E-state index contributed by atoms with van der Waals surface area (Å²) in [5, 5.41) is 3.81. The zero-order valence-electron chi connectivity index (χ0n) is 19.3. The molecule has 1 fully saturated rings. The van der Waals surface area contributed by atoms with E-state index in [0.29, 0.717) is 0 Å². The Hall–Kier alpha value is -0.805. The van der Waals surface area contributed by atoms with Crippen molar-refractivity contribution in [3.63, 3.8) is 0 Å². The molecule has 0 aliphatic carbocycles. The van der Waals surface area contributed by atoms with Gasteiger partial charge in [0.1, 0.15) is 0 Å². The minimum atomic E-state index is -3.32. The van der Waals surface area contributed by atoms with Crippen LogP contribution in [0.25, 0.3) is 0 Å². The molecule has 0 N–H and O–H groups in total. The summed E-state index contributed by atoms with van der Waals surface area (Å²) in [7, 11) is -1.18. The fourth-order valence-electron chi connectivity index (χ4n) is 1.43. The van der Waals surface area contributed by atoms with Crippen molar-refractivity contribution in [1.29, 1.82) is 0 Å². The van der Waals surface area contributed by atoms with Gasteiger partial charge in [-0.2, -0.15) is 5.10 Å². The Kier molecular flexibility index (Phi) is 1.23. The summed E-state index contributed by atoms with van der Waals surface area (Å²) in [6, 6.07) is -3.77. The minimum Gasteiger partial charge on any atom is -0.398 e. The number of hydrogen-bond acceptors (Lipinski definition) is 3. The lowest BCUT2D eigenvalue weighted by Gasteiger charge is -2.32. The molecule has 17 heavy (non-hydrogen) atoms. The molecule has 1 saturated heterocycles. The van der Waals surface area contributed by atoms with E-state index < -0.39 is 50.3 Å². The number of hydrogen-bond donors (Lipinski definition) is 0. The van der Waals surface area contributed by atoms with Crippen LogP contribution in [0.4, 0.5) is 0 Å². The van der Waals surface area contributed by atoms with Crippen molar-refractivity contribution in [3.8, 4) is 0 Å². The molecule has 0 aromatic carbocycles. The lowest BCUT2D eigenvalue weighted by Crippen LogP contribution is -2.41. The van der Waals surface area contributed by atoms with Gasteiger partial charge in [0, 0.05) is 20.4 Å². The van der Waals surface area contributed by atoms with E-state index in [9.17, 15) is 0 Å². The number of nitrogens with zero attached hydrogens (tertiary/aromatic N) is 2. The highest BCUT2D eigenvalue weighted by molar-refractivity contribution is 6.61. The first-order valence-corrected chi connectivity index (χ1v) is 5.29. The minimum absolute atomic E-state index is 0.237. The van der Waals surface area contributed by atoms with Crippen molar-refractivity contribution < 1.29 is 21.6 Å². The molecule has 2 heterocycles. The normalized spacial score (nSPS) is 32.2. The van der Waals surface area contributed by atoms with E-state index in [0.717, 1.165) is 0 Å². The third-order valence-electron chi connectivity index (χ3n) is 3.19. The molecule has 0 unspecified atom stereocenters. The van der Waals surface area contributed by atoms with E-state index in [-0.39, 0.29) is 10.3 Å². The Morgan fingerprint density at radius 1 is 1.41 bits per heavy atom. The van der Waals surface area contributed by atoms with Crippen LogP contribution in [-0.2, 0) is 9.31 Å². The molecule has 0 bridgehead atoms. The number of rotatable bonds is 2. The first kappa shape index (κ1) is 5.45. The van der Waals surface area contributed by atoms with Gasteiger partial charge in [-0.05, 0) is 47.4 Å². The lowest BCUT2D eigenvalue weighted by molar-refractivity contribution is 0.00578. The predicted octanol–water partition coefficient (Wildman–Crippen LogP) is 1.76. The van der Waals surface area contributed by atoms with E-state index in [2.05, 4.69) is 5.10 Å². The summed E-state index contributed by atoms with van der Waals surface area (Å²) in [5.41, 5.74) is -1.79. The molecule has 1 aromatic heterocycles. The van der Waals surface area contributed by atoms with Crippen LogP contribution >= 0.6 is 0 Å². The Balaban J connectivity index is 2.61. The van der Waals surface area contributed by atoms with Crippen molar-refractivity contribution in [2.45, 2.75) is 58.6 Å². The Morgan fingerprint density at radius 3 is 2.53 bits per heavy atom. The fraction of sp³-hybridized carbons (Fsp3) is 0.750. The molecular formula is C12H21BN2O2. The van der Waals surface area contributed by atoms with Crippen LogP contribution in [0.15, 0.2) is 12.2 Å². The van der Waals surface area contributed by atoms with E-state index >= 15 is 0 Å². The molecule has 5 heteroatoms. The van der Waals surface area contributed by atoms with Crippen molar-refractivity contribution in [3.05, 3.63) is 12.2 Å². The molecule has 1 aliphatic rings. The zero-order chi connectivity index (χ0) is 20.5. The van der Waals surface area contributed by atoms with Gasteiger partial charge < -0.3 is 9.31 Å². The molecule has 4 nitrogen and oxygen atoms in total. The average molecular weight is 245 g/mol. The van der Waals surface area contributed by atoms with Gasteiger partial charge in [0.25, 0.3) is 0 Å². The molecular weight excluding hydrogens is 215 g/mol. The largest absolute Gasteiger partial charge is 0.516 e. The average Bonchev–Trinajstić information content (AvgIpc) is 2.81. The molecule has 0 saturated carbocycles. The third-order valence-corrected chi connectivity index (χ3v) is 3.19. The highest BCUT2D eigenvalue weighted by Crippen LogP contribution is 2.36. The third kappa shape index (κ3) is 2.14. The van der Waals surface area contributed by atoms with Crippen LogP contribution in [0.1, 0.15) is 59.8 Å². The van der Waals surface area contributed by atoms with Crippen LogP contribution in [0, 0.1) is 0 Å². The lowest BCUT2D eigenvalue weighted by atomic mass is 9.85. The quantitative estimate of drug-likeness (QED) is 0.745. The standard InChI is InChI=1S/C12H21BN2O2/c1-9(2)15-8-7-10(14-15)13-16-11(3,4)12(5,6)17-13/h7-9H,1-6H3/i1D3,2D3,7D,8D,9D. The van der Waals surface area contributed by atoms with Crippen LogP contribution in [0.5, 0.6) is 0 Å². The van der Waals surface area contributed by atoms with E-state index in [1.165, 1.54) is 0 Å². The smallest absolute Gasteiger partial charge is 0.398 e. The van der Waals surface area contributed by atoms with Crippen LogP contribution in [0.3, 0.4) is 0 Å². The van der Waals surface area contributed by atoms with Crippen molar-refractivity contribution in [2.75, 3.05) is 0 Å². The van der Waals surface area contributed by atoms with Gasteiger partial charge in [-0.25, -0.2) is 0 Å². The first-order valence-electron chi connectivity index (χ1n) is 9.79. The Morgan fingerprint density at radius 2 is 2.00 bits per heavy atom. The first-order chi connectivity index (χ1) is 11.4. The molecule has 94 valence electrons. The van der Waals surface area contributed by atoms with E-state index in [1.54, 1.807) is 27.7 Å². The second-order valence-electron chi connectivity index (χ2n) is 4.97. The van der Waals surface area contributed by atoms with Crippen molar-refractivity contribution in [2.24, 2.45) is 0 Å². The summed E-state index contributed by atoms with van der Waals surface area (Å²) in [5.74, 6) is 0. The van der Waals surface area contributed by atoms with Gasteiger partial charge in [0.05, 0.1) is 20.9 Å². The van der Waals surface area contributed by atoms with Gasteiger partial charge in [0.15, 0.2) is 0 Å². The fourth-order valence-corrected chi connectivity index (χ4v) is 1.43. The monoisotopic (exact) mass is 245 g/mol. The number of aromatic nitrogens is 2. The second-order valence-corrected chi connectivity index (χ2v) is 4.97. The van der Waals surface area contributed by atoms with Gasteiger partial charge in [-0.15, -0.1) is 0 Å². The summed E-state index contributed by atoms with van der Waals surface area (Å²) in [6.07, 6.45) is -0.808. The summed E-state index contributed by atoms with van der Waals surface area (Å²) in [4.78, 5) is 0. The van der Waals surface area contributed by atoms with Crippen LogP contribution in [0.2, 0.25) is 0 Å². The van der Waals surface area contributed by atoms with E-state index in [4.69, 9.17) is 21.6 Å². The molecule has 1 aromatic rings. The Labute approximate surface area is 116 Å². The maximum atomic E-state index is 8.13. The SMILES string of the molecule is [2H]c1c(B2OC(C)(C)C(C)(C)O2)nn(C([2H])(C([2H])([2H])[2H])C([2H])([2H])[2H])c1[2H]. The van der Waals surface area contributed by atoms with E-state index in [1.807, 2.05) is 0 Å². The summed E-state index contributed by atoms with van der Waals surface area (Å²) in [6.45, 7) is 0.396. The molecule has 0 amide bonds. The maximum absolute atomic E-state index is 8.13. The second kappa shape index (κ2) is 3.85. The molecule has 2 rings (SSSR count). The molecule has 0 radical (unpaired) electrons. The molecule has 0 spiro atoms. The van der Waals surface area contributed by atoms with Crippen molar-refractivity contribution in [1.82, 2.24) is 9.78 Å². The van der Waals surface area contributed by atoms with Crippen molar-refractivity contribution >= 4 is 12.7 Å². The highest BCUT2D eigenvalue weighted by Gasteiger charge is 2.52. The van der Waals surface area contributed by atoms with Crippen LogP contribution < -0.4 is 5.59 Å². The summed E-state index contributed by atoms with van der Waals surface area (Å²) >= 11 is 0. The highest BCUT2D eigenvalue weighted by atomic mass is 16.7. The molecule has 0 atom stereocenters. The van der Waals surface area contributed by atoms with Gasteiger partial charge in [-0.1, -0.05) is 0 Å². The topological polar surface area (TPSA) is 36.3 Å². The van der Waals surface area contributed by atoms with Gasteiger partial charge in [0.2, 0.25) is 0 Å². The predicted molar refractivity (Wildman–Crippen MR) is 68.3 cm³/mol. The summed E-state index contributed by atoms with van der Waals surface area (Å²) < 4.78 is 80.9. The Bertz CT molecular complexity index is 681. The van der Waals surface area contributed by atoms with Gasteiger partial charge in [-0.3, -0.25) is 4.68 Å². The zero-order valence-corrected chi connectivity index (χ0v) is 10.3. The van der Waals surface area contributed by atoms with Crippen LogP contribution in [-0.4, -0.2) is 28.1 Å². The molecule has 1 aliphatic heterocycles.